The molecule has 3 heterocycles. The van der Waals surface area contributed by atoms with Crippen LogP contribution in [0.1, 0.15) is 48.8 Å². The first-order valence-electron chi connectivity index (χ1n) is 6.95. The van der Waals surface area contributed by atoms with Gasteiger partial charge in [-0.25, -0.2) is 9.78 Å². The molecule has 0 radical (unpaired) electrons. The van der Waals surface area contributed by atoms with Crippen LogP contribution in [0.3, 0.4) is 0 Å². The van der Waals surface area contributed by atoms with E-state index in [1.165, 1.54) is 0 Å². The molecule has 0 atom stereocenters. The van der Waals surface area contributed by atoms with Gasteiger partial charge in [0, 0.05) is 25.2 Å². The molecule has 3 rings (SSSR count). The number of hydrogen-bond acceptors (Lipinski definition) is 4. The fourth-order valence-corrected chi connectivity index (χ4v) is 2.54. The normalized spacial score (nSPS) is 15.4. The van der Waals surface area contributed by atoms with Crippen molar-refractivity contribution in [2.45, 2.75) is 32.6 Å². The number of carboxylic acids is 1. The highest BCUT2D eigenvalue weighted by molar-refractivity contribution is 5.87. The van der Waals surface area contributed by atoms with Gasteiger partial charge in [0.05, 0.1) is 5.69 Å². The van der Waals surface area contributed by atoms with Crippen molar-refractivity contribution >= 4 is 17.4 Å². The predicted molar refractivity (Wildman–Crippen MR) is 75.5 cm³/mol. The second-order valence-corrected chi connectivity index (χ2v) is 5.49. The van der Waals surface area contributed by atoms with E-state index < -0.39 is 5.97 Å². The smallest absolute Gasteiger partial charge is 0.354 e. The summed E-state index contributed by atoms with van der Waals surface area (Å²) in [6, 6.07) is 3.49. The maximum absolute atomic E-state index is 11.2. The van der Waals surface area contributed by atoms with Crippen molar-refractivity contribution in [3.05, 3.63) is 23.5 Å². The molecule has 6 nitrogen and oxygen atoms in total. The number of anilines is 1. The lowest BCUT2D eigenvalue weighted by Gasteiger charge is -2.18. The molecular weight excluding hydrogens is 256 g/mol. The third-order valence-electron chi connectivity index (χ3n) is 3.67. The highest BCUT2D eigenvalue weighted by Gasteiger charge is 2.20. The zero-order valence-corrected chi connectivity index (χ0v) is 11.7. The van der Waals surface area contributed by atoms with Crippen LogP contribution in [0, 0.1) is 0 Å². The molecule has 1 saturated heterocycles. The molecule has 0 unspecified atom stereocenters. The molecule has 0 amide bonds. The molecule has 2 aromatic heterocycles. The van der Waals surface area contributed by atoms with Crippen molar-refractivity contribution in [1.82, 2.24) is 14.6 Å². The quantitative estimate of drug-likeness (QED) is 0.928. The van der Waals surface area contributed by atoms with Crippen LogP contribution in [0.25, 0.3) is 5.65 Å². The number of hydrogen-bond donors (Lipinski definition) is 1. The van der Waals surface area contributed by atoms with Gasteiger partial charge in [-0.05, 0) is 18.8 Å². The van der Waals surface area contributed by atoms with Crippen LogP contribution >= 0.6 is 0 Å². The number of aromatic nitrogens is 3. The molecule has 0 bridgehead atoms. The molecule has 0 aromatic carbocycles. The minimum Gasteiger partial charge on any atom is -0.477 e. The number of rotatable bonds is 3. The zero-order chi connectivity index (χ0) is 14.3. The van der Waals surface area contributed by atoms with E-state index in [2.05, 4.69) is 28.8 Å². The second kappa shape index (κ2) is 4.77. The molecule has 6 heteroatoms. The van der Waals surface area contributed by atoms with E-state index in [9.17, 15) is 9.90 Å². The van der Waals surface area contributed by atoms with Gasteiger partial charge in [0.1, 0.15) is 5.82 Å². The second-order valence-electron chi connectivity index (χ2n) is 5.49. The highest BCUT2D eigenvalue weighted by atomic mass is 16.4. The molecule has 1 aliphatic rings. The molecule has 2 aromatic rings. The van der Waals surface area contributed by atoms with Crippen LogP contribution < -0.4 is 4.90 Å². The topological polar surface area (TPSA) is 70.7 Å². The Labute approximate surface area is 117 Å². The van der Waals surface area contributed by atoms with Crippen molar-refractivity contribution in [3.8, 4) is 0 Å². The predicted octanol–water partition coefficient (Wildman–Crippen LogP) is 2.15. The summed E-state index contributed by atoms with van der Waals surface area (Å²) in [4.78, 5) is 17.6. The van der Waals surface area contributed by atoms with E-state index in [-0.39, 0.29) is 11.6 Å². The average molecular weight is 274 g/mol. The molecule has 1 aliphatic heterocycles. The van der Waals surface area contributed by atoms with Crippen LogP contribution in [0.5, 0.6) is 0 Å². The summed E-state index contributed by atoms with van der Waals surface area (Å²) in [5, 5.41) is 13.8. The van der Waals surface area contributed by atoms with Gasteiger partial charge in [0.2, 0.25) is 0 Å². The third kappa shape index (κ3) is 2.11. The summed E-state index contributed by atoms with van der Waals surface area (Å²) in [5.41, 5.74) is 1.62. The van der Waals surface area contributed by atoms with Crippen LogP contribution in [-0.2, 0) is 0 Å². The SMILES string of the molecule is CC(C)c1cc2nc(C(=O)O)cc(N3CCCC3)n2n1. The number of carbonyl (C=O) groups is 1. The summed E-state index contributed by atoms with van der Waals surface area (Å²) in [6.45, 7) is 6.01. The standard InChI is InChI=1S/C14H18N4O2/c1-9(2)10-7-12-15-11(14(19)20)8-13(18(12)16-10)17-5-3-4-6-17/h7-9H,3-6H2,1-2H3,(H,19,20). The van der Waals surface area contributed by atoms with Crippen molar-refractivity contribution in [3.63, 3.8) is 0 Å². The summed E-state index contributed by atoms with van der Waals surface area (Å²) >= 11 is 0. The van der Waals surface area contributed by atoms with Gasteiger partial charge in [0.25, 0.3) is 0 Å². The lowest BCUT2D eigenvalue weighted by atomic mass is 10.1. The molecule has 0 spiro atoms. The Bertz CT molecular complexity index is 656. The van der Waals surface area contributed by atoms with Crippen LogP contribution in [0.2, 0.25) is 0 Å². The summed E-state index contributed by atoms with van der Waals surface area (Å²) in [7, 11) is 0. The highest BCUT2D eigenvalue weighted by Crippen LogP contribution is 2.24. The average Bonchev–Trinajstić information content (AvgIpc) is 3.06. The number of nitrogens with zero attached hydrogens (tertiary/aromatic N) is 4. The first-order valence-corrected chi connectivity index (χ1v) is 6.95. The summed E-state index contributed by atoms with van der Waals surface area (Å²) in [5.74, 6) is 0.119. The fourth-order valence-electron chi connectivity index (χ4n) is 2.54. The van der Waals surface area contributed by atoms with Gasteiger partial charge in [-0.1, -0.05) is 13.8 Å². The molecule has 0 aliphatic carbocycles. The Balaban J connectivity index is 2.20. The lowest BCUT2D eigenvalue weighted by Crippen LogP contribution is -2.22. The van der Waals surface area contributed by atoms with Crippen LogP contribution in [0.15, 0.2) is 12.1 Å². The molecule has 0 saturated carbocycles. The van der Waals surface area contributed by atoms with E-state index >= 15 is 0 Å². The largest absolute Gasteiger partial charge is 0.477 e. The van der Waals surface area contributed by atoms with Crippen LogP contribution in [0.4, 0.5) is 5.82 Å². The fraction of sp³-hybridized carbons (Fsp3) is 0.500. The minimum atomic E-state index is -1.000. The van der Waals surface area contributed by atoms with Crippen molar-refractivity contribution in [2.24, 2.45) is 0 Å². The van der Waals surface area contributed by atoms with Crippen molar-refractivity contribution in [1.29, 1.82) is 0 Å². The van der Waals surface area contributed by atoms with Gasteiger partial charge in [-0.15, -0.1) is 0 Å². The van der Waals surface area contributed by atoms with E-state index in [0.717, 1.165) is 37.4 Å². The van der Waals surface area contributed by atoms with E-state index in [4.69, 9.17) is 0 Å². The number of carboxylic acid groups (broad SMARTS) is 1. The first kappa shape index (κ1) is 12.9. The third-order valence-corrected chi connectivity index (χ3v) is 3.67. The van der Waals surface area contributed by atoms with E-state index in [0.29, 0.717) is 5.65 Å². The molecule has 1 N–H and O–H groups in total. The monoisotopic (exact) mass is 274 g/mol. The Hall–Kier alpha value is -2.11. The molecular formula is C14H18N4O2. The Kier molecular flexibility index (Phi) is 3.08. The first-order chi connectivity index (χ1) is 9.56. The Morgan fingerprint density at radius 1 is 1.30 bits per heavy atom. The summed E-state index contributed by atoms with van der Waals surface area (Å²) < 4.78 is 1.77. The molecule has 106 valence electrons. The summed E-state index contributed by atoms with van der Waals surface area (Å²) in [6.07, 6.45) is 2.26. The van der Waals surface area contributed by atoms with Gasteiger partial charge in [0.15, 0.2) is 11.3 Å². The maximum atomic E-state index is 11.2. The Morgan fingerprint density at radius 2 is 2.00 bits per heavy atom. The van der Waals surface area contributed by atoms with E-state index in [1.54, 1.807) is 10.6 Å². The van der Waals surface area contributed by atoms with Crippen molar-refractivity contribution < 1.29 is 9.90 Å². The van der Waals surface area contributed by atoms with Gasteiger partial charge in [-0.2, -0.15) is 9.61 Å². The van der Waals surface area contributed by atoms with Gasteiger partial charge < -0.3 is 10.0 Å². The molecule has 1 fully saturated rings. The van der Waals surface area contributed by atoms with E-state index in [1.807, 2.05) is 6.07 Å². The van der Waals surface area contributed by atoms with Crippen molar-refractivity contribution in [2.75, 3.05) is 18.0 Å². The number of aromatic carboxylic acids is 1. The lowest BCUT2D eigenvalue weighted by molar-refractivity contribution is 0.0690. The van der Waals surface area contributed by atoms with Gasteiger partial charge >= 0.3 is 5.97 Å². The Morgan fingerprint density at radius 3 is 2.60 bits per heavy atom. The van der Waals surface area contributed by atoms with Crippen LogP contribution in [-0.4, -0.2) is 38.8 Å². The van der Waals surface area contributed by atoms with Gasteiger partial charge in [-0.3, -0.25) is 0 Å². The maximum Gasteiger partial charge on any atom is 0.354 e. The molecule has 20 heavy (non-hydrogen) atoms. The minimum absolute atomic E-state index is 0.0783. The number of fused-ring (bicyclic) bond motifs is 1. The zero-order valence-electron chi connectivity index (χ0n) is 11.7.